The second-order valence-corrected chi connectivity index (χ2v) is 6.02. The van der Waals surface area contributed by atoms with Crippen molar-refractivity contribution in [3.8, 4) is 0 Å². The summed E-state index contributed by atoms with van der Waals surface area (Å²) in [6.07, 6.45) is 0.644. The van der Waals surface area contributed by atoms with Crippen LogP contribution >= 0.6 is 11.3 Å². The summed E-state index contributed by atoms with van der Waals surface area (Å²) >= 11 is 1.38. The number of rotatable bonds is 6. The van der Waals surface area contributed by atoms with Crippen LogP contribution in [0.2, 0.25) is 0 Å². The molecule has 2 N–H and O–H groups in total. The Labute approximate surface area is 143 Å². The summed E-state index contributed by atoms with van der Waals surface area (Å²) in [6, 6.07) is 15.9. The van der Waals surface area contributed by atoms with Gasteiger partial charge >= 0.3 is 0 Å². The van der Waals surface area contributed by atoms with Gasteiger partial charge in [0.05, 0.1) is 0 Å². The number of nitrogens with one attached hydrogen (secondary N) is 2. The Morgan fingerprint density at radius 2 is 1.83 bits per heavy atom. The second-order valence-electron chi connectivity index (χ2n) is 5.16. The van der Waals surface area contributed by atoms with E-state index in [2.05, 4.69) is 15.6 Å². The van der Waals surface area contributed by atoms with Crippen LogP contribution in [0.3, 0.4) is 0 Å². The van der Waals surface area contributed by atoms with Gasteiger partial charge in [-0.3, -0.25) is 4.79 Å². The molecule has 0 bridgehead atoms. The summed E-state index contributed by atoms with van der Waals surface area (Å²) in [6.45, 7) is 0.476. The van der Waals surface area contributed by atoms with Crippen molar-refractivity contribution in [1.29, 1.82) is 0 Å². The smallest absolute Gasteiger partial charge is 0.270 e. The molecule has 122 valence electrons. The zero-order chi connectivity index (χ0) is 16.8. The molecule has 3 aromatic rings. The zero-order valence-corrected chi connectivity index (χ0v) is 13.6. The van der Waals surface area contributed by atoms with Gasteiger partial charge in [-0.2, -0.15) is 0 Å². The number of aromatic nitrogens is 1. The van der Waals surface area contributed by atoms with Crippen LogP contribution in [0.25, 0.3) is 0 Å². The molecule has 0 aliphatic heterocycles. The average molecular weight is 341 g/mol. The van der Waals surface area contributed by atoms with Crippen molar-refractivity contribution in [3.05, 3.63) is 77.1 Å². The van der Waals surface area contributed by atoms with Gasteiger partial charge in [-0.15, -0.1) is 11.3 Å². The molecule has 4 nitrogen and oxygen atoms in total. The summed E-state index contributed by atoms with van der Waals surface area (Å²) in [7, 11) is 0. The van der Waals surface area contributed by atoms with Crippen LogP contribution in [0.15, 0.2) is 60.0 Å². The van der Waals surface area contributed by atoms with Crippen LogP contribution in [-0.4, -0.2) is 17.4 Å². The first-order valence-corrected chi connectivity index (χ1v) is 8.39. The predicted molar refractivity (Wildman–Crippen MR) is 94.3 cm³/mol. The fourth-order valence-corrected chi connectivity index (χ4v) is 2.85. The van der Waals surface area contributed by atoms with Gasteiger partial charge in [-0.05, 0) is 36.2 Å². The van der Waals surface area contributed by atoms with E-state index in [1.165, 1.54) is 23.5 Å². The van der Waals surface area contributed by atoms with E-state index in [-0.39, 0.29) is 11.7 Å². The molecule has 0 saturated carbocycles. The van der Waals surface area contributed by atoms with E-state index >= 15 is 0 Å². The number of hydrogen-bond acceptors (Lipinski definition) is 4. The minimum atomic E-state index is -0.260. The van der Waals surface area contributed by atoms with Gasteiger partial charge in [0, 0.05) is 17.6 Å². The number of carbonyl (C=O) groups excluding carboxylic acids is 1. The van der Waals surface area contributed by atoms with Crippen molar-refractivity contribution >= 4 is 28.1 Å². The highest BCUT2D eigenvalue weighted by Gasteiger charge is 2.10. The lowest BCUT2D eigenvalue weighted by atomic mass is 10.1. The van der Waals surface area contributed by atoms with Crippen molar-refractivity contribution in [2.45, 2.75) is 6.42 Å². The normalized spacial score (nSPS) is 10.4. The molecule has 3 rings (SSSR count). The molecule has 0 unspecified atom stereocenters. The van der Waals surface area contributed by atoms with Crippen LogP contribution in [0.4, 0.5) is 15.2 Å². The first-order chi connectivity index (χ1) is 11.7. The van der Waals surface area contributed by atoms with E-state index in [0.29, 0.717) is 23.8 Å². The minimum Gasteiger partial charge on any atom is -0.350 e. The summed E-state index contributed by atoms with van der Waals surface area (Å²) in [4.78, 5) is 16.4. The quantitative estimate of drug-likeness (QED) is 0.712. The number of para-hydroxylation sites is 1. The van der Waals surface area contributed by atoms with Crippen molar-refractivity contribution in [2.24, 2.45) is 0 Å². The maximum Gasteiger partial charge on any atom is 0.270 e. The van der Waals surface area contributed by atoms with E-state index in [0.717, 1.165) is 11.3 Å². The molecule has 1 heterocycles. The van der Waals surface area contributed by atoms with E-state index in [1.807, 2.05) is 30.3 Å². The maximum atomic E-state index is 12.8. The predicted octanol–water partition coefficient (Wildman–Crippen LogP) is 4.00. The molecule has 6 heteroatoms. The number of benzene rings is 2. The third-order valence-electron chi connectivity index (χ3n) is 3.37. The molecule has 24 heavy (non-hydrogen) atoms. The Morgan fingerprint density at radius 1 is 1.08 bits per heavy atom. The highest BCUT2D eigenvalue weighted by Crippen LogP contribution is 2.20. The molecule has 0 aliphatic rings. The fraction of sp³-hybridized carbons (Fsp3) is 0.111. The molecule has 0 saturated heterocycles. The van der Waals surface area contributed by atoms with Gasteiger partial charge in [0.1, 0.15) is 11.5 Å². The Hall–Kier alpha value is -2.73. The lowest BCUT2D eigenvalue weighted by molar-refractivity contribution is 0.0950. The Bertz CT molecular complexity index is 803. The number of carbonyl (C=O) groups is 1. The van der Waals surface area contributed by atoms with Gasteiger partial charge in [0.2, 0.25) is 0 Å². The van der Waals surface area contributed by atoms with E-state index in [4.69, 9.17) is 0 Å². The number of nitrogens with zero attached hydrogens (tertiary/aromatic N) is 1. The van der Waals surface area contributed by atoms with E-state index in [1.54, 1.807) is 17.5 Å². The second kappa shape index (κ2) is 7.70. The molecule has 0 aliphatic carbocycles. The third kappa shape index (κ3) is 4.39. The maximum absolute atomic E-state index is 12.8. The third-order valence-corrected chi connectivity index (χ3v) is 4.13. The zero-order valence-electron chi connectivity index (χ0n) is 12.8. The summed E-state index contributed by atoms with van der Waals surface area (Å²) < 4.78 is 12.8. The Balaban J connectivity index is 1.51. The van der Waals surface area contributed by atoms with Crippen LogP contribution in [0, 0.1) is 5.82 Å². The molecule has 0 fully saturated rings. The monoisotopic (exact) mass is 341 g/mol. The van der Waals surface area contributed by atoms with Crippen LogP contribution < -0.4 is 10.6 Å². The molecular weight excluding hydrogens is 325 g/mol. The van der Waals surface area contributed by atoms with Gasteiger partial charge in [0.15, 0.2) is 5.13 Å². The number of amides is 1. The van der Waals surface area contributed by atoms with Crippen molar-refractivity contribution in [3.63, 3.8) is 0 Å². The highest BCUT2D eigenvalue weighted by molar-refractivity contribution is 7.14. The van der Waals surface area contributed by atoms with Crippen LogP contribution in [-0.2, 0) is 6.42 Å². The van der Waals surface area contributed by atoms with Gasteiger partial charge in [-0.25, -0.2) is 9.37 Å². The number of halogens is 1. The van der Waals surface area contributed by atoms with E-state index < -0.39 is 0 Å². The number of thiazole rings is 1. The van der Waals surface area contributed by atoms with Gasteiger partial charge in [0.25, 0.3) is 5.91 Å². The summed E-state index contributed by atoms with van der Waals surface area (Å²) in [5.74, 6) is -0.474. The fourth-order valence-electron chi connectivity index (χ4n) is 2.14. The first kappa shape index (κ1) is 16.1. The minimum absolute atomic E-state index is 0.213. The summed E-state index contributed by atoms with van der Waals surface area (Å²) in [5, 5.41) is 8.37. The molecule has 0 spiro atoms. The average Bonchev–Trinajstić information content (AvgIpc) is 3.06. The standard InChI is InChI=1S/C18H16FN3OS/c19-14-8-6-13(7-9-14)10-11-20-17(23)16-12-24-18(22-16)21-15-4-2-1-3-5-15/h1-9,12H,10-11H2,(H,20,23)(H,21,22). The molecule has 2 aromatic carbocycles. The topological polar surface area (TPSA) is 54.0 Å². The Morgan fingerprint density at radius 3 is 2.58 bits per heavy atom. The molecule has 0 radical (unpaired) electrons. The molecular formula is C18H16FN3OS. The lowest BCUT2D eigenvalue weighted by Crippen LogP contribution is -2.25. The van der Waals surface area contributed by atoms with Crippen molar-refractivity contribution in [1.82, 2.24) is 10.3 Å². The van der Waals surface area contributed by atoms with Crippen molar-refractivity contribution < 1.29 is 9.18 Å². The lowest BCUT2D eigenvalue weighted by Gasteiger charge is -2.04. The number of anilines is 2. The van der Waals surface area contributed by atoms with Gasteiger partial charge < -0.3 is 10.6 Å². The molecule has 1 amide bonds. The molecule has 1 aromatic heterocycles. The van der Waals surface area contributed by atoms with Crippen LogP contribution in [0.1, 0.15) is 16.1 Å². The van der Waals surface area contributed by atoms with Crippen molar-refractivity contribution in [2.75, 3.05) is 11.9 Å². The van der Waals surface area contributed by atoms with Crippen LogP contribution in [0.5, 0.6) is 0 Å². The summed E-state index contributed by atoms with van der Waals surface area (Å²) in [5.41, 5.74) is 2.29. The van der Waals surface area contributed by atoms with E-state index in [9.17, 15) is 9.18 Å². The van der Waals surface area contributed by atoms with Gasteiger partial charge in [-0.1, -0.05) is 30.3 Å². The highest BCUT2D eigenvalue weighted by atomic mass is 32.1. The largest absolute Gasteiger partial charge is 0.350 e. The SMILES string of the molecule is O=C(NCCc1ccc(F)cc1)c1csc(Nc2ccccc2)n1. The molecule has 0 atom stereocenters. The Kier molecular flexibility index (Phi) is 5.18. The number of hydrogen-bond donors (Lipinski definition) is 2. The first-order valence-electron chi connectivity index (χ1n) is 7.51.